The minimum atomic E-state index is -0.325. The summed E-state index contributed by atoms with van der Waals surface area (Å²) >= 11 is 0. The van der Waals surface area contributed by atoms with Crippen molar-refractivity contribution in [2.45, 2.75) is 19.4 Å². The highest BCUT2D eigenvalue weighted by Gasteiger charge is 2.08. The fourth-order valence-corrected chi connectivity index (χ4v) is 2.90. The number of rotatable bonds is 8. The van der Waals surface area contributed by atoms with Gasteiger partial charge in [-0.3, -0.25) is 0 Å². The first kappa shape index (κ1) is 18.1. The summed E-state index contributed by atoms with van der Waals surface area (Å²) in [6.07, 6.45) is 1.76. The van der Waals surface area contributed by atoms with Crippen LogP contribution >= 0.6 is 0 Å². The van der Waals surface area contributed by atoms with Gasteiger partial charge in [-0.1, -0.05) is 41.6 Å². The third kappa shape index (κ3) is 4.70. The molecule has 0 saturated carbocycles. The number of hydrogen-bond donors (Lipinski definition) is 0. The van der Waals surface area contributed by atoms with Crippen LogP contribution in [0.1, 0.15) is 17.7 Å². The standard InChI is InChI=1S/C21H23FN2O2/c1-24(15-16-10-11-21(25-2)19(22)13-16)12-6-9-18-14-20(23-26-18)17-7-4-3-5-8-17/h3-5,7-8,10-11,13-14H,6,9,12,15H2,1-2H3. The zero-order chi connectivity index (χ0) is 18.4. The lowest BCUT2D eigenvalue weighted by Crippen LogP contribution is -2.19. The molecule has 26 heavy (non-hydrogen) atoms. The third-order valence-corrected chi connectivity index (χ3v) is 4.26. The smallest absolute Gasteiger partial charge is 0.165 e. The first-order chi connectivity index (χ1) is 12.7. The second-order valence-electron chi connectivity index (χ2n) is 6.35. The van der Waals surface area contributed by atoms with Gasteiger partial charge in [-0.25, -0.2) is 4.39 Å². The van der Waals surface area contributed by atoms with Crippen molar-refractivity contribution in [2.75, 3.05) is 20.7 Å². The first-order valence-corrected chi connectivity index (χ1v) is 8.67. The molecule has 0 aliphatic carbocycles. The first-order valence-electron chi connectivity index (χ1n) is 8.67. The maximum atomic E-state index is 13.8. The number of hydrogen-bond acceptors (Lipinski definition) is 4. The van der Waals surface area contributed by atoms with E-state index in [9.17, 15) is 4.39 Å². The molecule has 0 spiro atoms. The Labute approximate surface area is 153 Å². The molecule has 1 aromatic heterocycles. The van der Waals surface area contributed by atoms with Gasteiger partial charge < -0.3 is 14.2 Å². The molecule has 2 aromatic carbocycles. The molecule has 0 aliphatic rings. The summed E-state index contributed by atoms with van der Waals surface area (Å²) in [5.74, 6) is 0.831. The van der Waals surface area contributed by atoms with Crippen molar-refractivity contribution in [2.24, 2.45) is 0 Å². The Morgan fingerprint density at radius 2 is 1.92 bits per heavy atom. The number of nitrogens with zero attached hydrogens (tertiary/aromatic N) is 2. The largest absolute Gasteiger partial charge is 0.494 e. The average molecular weight is 354 g/mol. The summed E-state index contributed by atoms with van der Waals surface area (Å²) < 4.78 is 24.1. The Morgan fingerprint density at radius 3 is 2.65 bits per heavy atom. The number of halogens is 1. The lowest BCUT2D eigenvalue weighted by Gasteiger charge is -2.16. The van der Waals surface area contributed by atoms with Gasteiger partial charge >= 0.3 is 0 Å². The molecule has 3 rings (SSSR count). The molecule has 0 aliphatic heterocycles. The monoisotopic (exact) mass is 354 g/mol. The van der Waals surface area contributed by atoms with E-state index in [4.69, 9.17) is 9.26 Å². The van der Waals surface area contributed by atoms with E-state index in [2.05, 4.69) is 10.1 Å². The summed E-state index contributed by atoms with van der Waals surface area (Å²) in [5.41, 5.74) is 2.85. The molecule has 0 N–H and O–H groups in total. The molecule has 0 bridgehead atoms. The summed E-state index contributed by atoms with van der Waals surface area (Å²) in [5, 5.41) is 4.14. The molecule has 4 nitrogen and oxygen atoms in total. The van der Waals surface area contributed by atoms with Gasteiger partial charge in [-0.05, 0) is 37.7 Å². The van der Waals surface area contributed by atoms with E-state index in [-0.39, 0.29) is 11.6 Å². The van der Waals surface area contributed by atoms with E-state index >= 15 is 0 Å². The number of methoxy groups -OCH3 is 1. The molecule has 5 heteroatoms. The van der Waals surface area contributed by atoms with Gasteiger partial charge in [0.25, 0.3) is 0 Å². The molecule has 0 amide bonds. The SMILES string of the molecule is COc1ccc(CN(C)CCCc2cc(-c3ccccc3)no2)cc1F. The topological polar surface area (TPSA) is 38.5 Å². The average Bonchev–Trinajstić information content (AvgIpc) is 3.11. The van der Waals surface area contributed by atoms with Crippen LogP contribution in [0.15, 0.2) is 59.1 Å². The minimum Gasteiger partial charge on any atom is -0.494 e. The van der Waals surface area contributed by atoms with Crippen molar-refractivity contribution in [3.05, 3.63) is 71.7 Å². The van der Waals surface area contributed by atoms with E-state index in [1.807, 2.05) is 49.5 Å². The van der Waals surface area contributed by atoms with Crippen molar-refractivity contribution in [3.63, 3.8) is 0 Å². The van der Waals surface area contributed by atoms with Crippen LogP contribution in [-0.4, -0.2) is 30.8 Å². The van der Waals surface area contributed by atoms with Crippen molar-refractivity contribution >= 4 is 0 Å². The maximum Gasteiger partial charge on any atom is 0.165 e. The predicted octanol–water partition coefficient (Wildman–Crippen LogP) is 4.55. The maximum absolute atomic E-state index is 13.8. The van der Waals surface area contributed by atoms with Crippen LogP contribution in [0.2, 0.25) is 0 Å². The Kier molecular flexibility index (Phi) is 6.02. The van der Waals surface area contributed by atoms with Gasteiger partial charge in [0, 0.05) is 24.6 Å². The fourth-order valence-electron chi connectivity index (χ4n) is 2.90. The van der Waals surface area contributed by atoms with Gasteiger partial charge in [-0.2, -0.15) is 0 Å². The fraction of sp³-hybridized carbons (Fsp3) is 0.286. The van der Waals surface area contributed by atoms with E-state index in [0.29, 0.717) is 6.54 Å². The molecule has 0 atom stereocenters. The van der Waals surface area contributed by atoms with Crippen LogP contribution < -0.4 is 4.74 Å². The number of aryl methyl sites for hydroxylation is 1. The van der Waals surface area contributed by atoms with Crippen LogP contribution in [0.4, 0.5) is 4.39 Å². The summed E-state index contributed by atoms with van der Waals surface area (Å²) in [7, 11) is 3.49. The zero-order valence-corrected chi connectivity index (χ0v) is 15.1. The zero-order valence-electron chi connectivity index (χ0n) is 15.1. The molecule has 3 aromatic rings. The van der Waals surface area contributed by atoms with Crippen LogP contribution in [0.3, 0.4) is 0 Å². The van der Waals surface area contributed by atoms with Crippen LogP contribution in [0.5, 0.6) is 5.75 Å². The second-order valence-corrected chi connectivity index (χ2v) is 6.35. The number of aromatic nitrogens is 1. The number of benzene rings is 2. The second kappa shape index (κ2) is 8.63. The van der Waals surface area contributed by atoms with Gasteiger partial charge in [0.1, 0.15) is 11.5 Å². The summed E-state index contributed by atoms with van der Waals surface area (Å²) in [4.78, 5) is 2.16. The van der Waals surface area contributed by atoms with E-state index in [0.717, 1.165) is 42.0 Å². The Morgan fingerprint density at radius 1 is 1.12 bits per heavy atom. The molecule has 0 radical (unpaired) electrons. The molecular formula is C21H23FN2O2. The molecular weight excluding hydrogens is 331 g/mol. The van der Waals surface area contributed by atoms with Crippen molar-refractivity contribution in [3.8, 4) is 17.0 Å². The Balaban J connectivity index is 1.47. The highest BCUT2D eigenvalue weighted by molar-refractivity contribution is 5.58. The molecule has 0 saturated heterocycles. The summed E-state index contributed by atoms with van der Waals surface area (Å²) in [6.45, 7) is 1.57. The minimum absolute atomic E-state index is 0.274. The highest BCUT2D eigenvalue weighted by atomic mass is 19.1. The Hall–Kier alpha value is -2.66. The predicted molar refractivity (Wildman–Crippen MR) is 99.5 cm³/mol. The van der Waals surface area contributed by atoms with Gasteiger partial charge in [0.05, 0.1) is 7.11 Å². The van der Waals surface area contributed by atoms with Crippen molar-refractivity contribution in [1.82, 2.24) is 10.1 Å². The quantitative estimate of drug-likeness (QED) is 0.595. The molecule has 0 unspecified atom stereocenters. The van der Waals surface area contributed by atoms with Crippen molar-refractivity contribution in [1.29, 1.82) is 0 Å². The lowest BCUT2D eigenvalue weighted by atomic mass is 10.1. The lowest BCUT2D eigenvalue weighted by molar-refractivity contribution is 0.311. The normalized spacial score (nSPS) is 11.1. The Bertz CT molecular complexity index is 833. The summed E-state index contributed by atoms with van der Waals surface area (Å²) in [6, 6.07) is 17.1. The van der Waals surface area contributed by atoms with E-state index in [1.165, 1.54) is 13.2 Å². The number of ether oxygens (including phenoxy) is 1. The van der Waals surface area contributed by atoms with Gasteiger partial charge in [0.2, 0.25) is 0 Å². The molecule has 0 fully saturated rings. The van der Waals surface area contributed by atoms with Gasteiger partial charge in [-0.15, -0.1) is 0 Å². The third-order valence-electron chi connectivity index (χ3n) is 4.26. The van der Waals surface area contributed by atoms with Crippen molar-refractivity contribution < 1.29 is 13.7 Å². The molecule has 1 heterocycles. The van der Waals surface area contributed by atoms with Crippen LogP contribution in [0.25, 0.3) is 11.3 Å². The highest BCUT2D eigenvalue weighted by Crippen LogP contribution is 2.20. The van der Waals surface area contributed by atoms with Crippen LogP contribution in [0, 0.1) is 5.82 Å². The van der Waals surface area contributed by atoms with Gasteiger partial charge in [0.15, 0.2) is 11.6 Å². The van der Waals surface area contributed by atoms with E-state index in [1.54, 1.807) is 6.07 Å². The molecule has 136 valence electrons. The van der Waals surface area contributed by atoms with E-state index < -0.39 is 0 Å². The van der Waals surface area contributed by atoms with Crippen LogP contribution in [-0.2, 0) is 13.0 Å².